The molecule has 0 unspecified atom stereocenters. The number of benzene rings is 2. The number of hydrogen-bond acceptors (Lipinski definition) is 7. The first-order chi connectivity index (χ1) is 14.9. The minimum Gasteiger partial charge on any atom is -0.435 e. The molecule has 0 saturated heterocycles. The van der Waals surface area contributed by atoms with Gasteiger partial charge in [-0.2, -0.15) is 14.0 Å². The normalized spacial score (nSPS) is 10.6. The van der Waals surface area contributed by atoms with E-state index in [1.165, 1.54) is 12.1 Å². The summed E-state index contributed by atoms with van der Waals surface area (Å²) < 4.78 is 32.4. The molecule has 0 fully saturated rings. The Morgan fingerprint density at radius 3 is 2.74 bits per heavy atom. The van der Waals surface area contributed by atoms with E-state index < -0.39 is 12.5 Å². The lowest BCUT2D eigenvalue weighted by Crippen LogP contribution is -2.19. The van der Waals surface area contributed by atoms with Crippen molar-refractivity contribution in [3.8, 4) is 11.8 Å². The lowest BCUT2D eigenvalue weighted by atomic mass is 10.1. The van der Waals surface area contributed by atoms with Crippen molar-refractivity contribution in [1.82, 2.24) is 9.71 Å². The minimum absolute atomic E-state index is 0.0319. The lowest BCUT2D eigenvalue weighted by molar-refractivity contribution is -0.0498. The van der Waals surface area contributed by atoms with Crippen molar-refractivity contribution < 1.29 is 18.3 Å². The first kappa shape index (κ1) is 22.8. The van der Waals surface area contributed by atoms with Gasteiger partial charge in [0, 0.05) is 11.9 Å². The largest absolute Gasteiger partial charge is 0.435 e. The van der Waals surface area contributed by atoms with Gasteiger partial charge in [-0.1, -0.05) is 47.0 Å². The number of rotatable bonds is 8. The maximum Gasteiger partial charge on any atom is 0.387 e. The molecule has 1 heterocycles. The zero-order valence-electron chi connectivity index (χ0n) is 16.0. The number of alkyl halides is 2. The molecule has 1 N–H and O–H groups in total. The summed E-state index contributed by atoms with van der Waals surface area (Å²) in [7, 11) is 0. The monoisotopic (exact) mass is 480 g/mol. The Bertz CT molecular complexity index is 1100. The van der Waals surface area contributed by atoms with E-state index in [9.17, 15) is 13.6 Å². The highest BCUT2D eigenvalue weighted by Crippen LogP contribution is 2.36. The highest BCUT2D eigenvalue weighted by atomic mass is 35.5. The number of halogens is 3. The summed E-state index contributed by atoms with van der Waals surface area (Å²) in [6.45, 7) is -2.69. The van der Waals surface area contributed by atoms with Gasteiger partial charge >= 0.3 is 6.61 Å². The second kappa shape index (κ2) is 10.4. The van der Waals surface area contributed by atoms with Crippen molar-refractivity contribution >= 4 is 51.6 Å². The summed E-state index contributed by atoms with van der Waals surface area (Å²) in [5.74, 6) is -0.392. The summed E-state index contributed by atoms with van der Waals surface area (Å²) in [6, 6.07) is 15.1. The highest BCUT2D eigenvalue weighted by Gasteiger charge is 2.22. The van der Waals surface area contributed by atoms with E-state index in [4.69, 9.17) is 16.9 Å². The first-order valence-electron chi connectivity index (χ1n) is 8.72. The Labute approximate surface area is 190 Å². The Kier molecular flexibility index (Phi) is 7.68. The number of aromatic nitrogens is 1. The third-order valence-electron chi connectivity index (χ3n) is 3.99. The fourth-order valence-corrected chi connectivity index (χ4v) is 4.10. The van der Waals surface area contributed by atoms with Crippen LogP contribution >= 0.6 is 34.9 Å². The first-order valence-corrected chi connectivity index (χ1v) is 11.1. The van der Waals surface area contributed by atoms with Gasteiger partial charge in [-0.25, -0.2) is 4.98 Å². The summed E-state index contributed by atoms with van der Waals surface area (Å²) in [5.41, 5.74) is 1.92. The SMILES string of the molecule is CSNC(=O)c1nc(N(Cc2cccc(OC(F)F)c2)c2ccc(C#N)cc2)sc1Cl. The average Bonchev–Trinajstić information content (AvgIpc) is 3.13. The summed E-state index contributed by atoms with van der Waals surface area (Å²) >= 11 is 8.49. The summed E-state index contributed by atoms with van der Waals surface area (Å²) in [6.07, 6.45) is 1.70. The fourth-order valence-electron chi connectivity index (χ4n) is 2.68. The maximum absolute atomic E-state index is 12.6. The molecule has 2 aromatic carbocycles. The second-order valence-corrected chi connectivity index (χ2v) is 8.22. The van der Waals surface area contributed by atoms with Gasteiger partial charge in [0.15, 0.2) is 10.8 Å². The number of amides is 1. The van der Waals surface area contributed by atoms with Gasteiger partial charge in [-0.05, 0) is 42.0 Å². The van der Waals surface area contributed by atoms with E-state index in [0.29, 0.717) is 21.9 Å². The van der Waals surface area contributed by atoms with Crippen LogP contribution in [0.3, 0.4) is 0 Å². The molecular formula is C20H15ClF2N4O2S2. The van der Waals surface area contributed by atoms with Crippen LogP contribution < -0.4 is 14.4 Å². The molecule has 1 amide bonds. The molecule has 0 bridgehead atoms. The van der Waals surface area contributed by atoms with Crippen molar-refractivity contribution in [3.63, 3.8) is 0 Å². The van der Waals surface area contributed by atoms with E-state index in [0.717, 1.165) is 23.3 Å². The Hall–Kier alpha value is -2.87. The quantitative estimate of drug-likeness (QED) is 0.422. The van der Waals surface area contributed by atoms with Crippen LogP contribution in [0, 0.1) is 11.3 Å². The predicted octanol–water partition coefficient (Wildman–Crippen LogP) is 5.62. The van der Waals surface area contributed by atoms with Gasteiger partial charge in [0.05, 0.1) is 18.2 Å². The van der Waals surface area contributed by atoms with E-state index in [-0.39, 0.29) is 22.3 Å². The Morgan fingerprint density at radius 2 is 2.10 bits per heavy atom. The summed E-state index contributed by atoms with van der Waals surface area (Å²) in [4.78, 5) is 18.4. The van der Waals surface area contributed by atoms with Gasteiger partial charge in [0.2, 0.25) is 0 Å². The van der Waals surface area contributed by atoms with E-state index in [2.05, 4.69) is 20.5 Å². The topological polar surface area (TPSA) is 78.2 Å². The van der Waals surface area contributed by atoms with Gasteiger partial charge in [-0.15, -0.1) is 0 Å². The number of nitrogens with zero attached hydrogens (tertiary/aromatic N) is 3. The molecule has 0 saturated carbocycles. The summed E-state index contributed by atoms with van der Waals surface area (Å²) in [5, 5.41) is 9.49. The number of thiazole rings is 1. The van der Waals surface area contributed by atoms with Crippen molar-refractivity contribution in [2.45, 2.75) is 13.2 Å². The Balaban J connectivity index is 1.99. The smallest absolute Gasteiger partial charge is 0.387 e. The molecule has 0 spiro atoms. The number of nitrogens with one attached hydrogen (secondary N) is 1. The van der Waals surface area contributed by atoms with Crippen LogP contribution in [-0.2, 0) is 6.54 Å². The lowest BCUT2D eigenvalue weighted by Gasteiger charge is -2.22. The van der Waals surface area contributed by atoms with Crippen molar-refractivity contribution in [3.05, 3.63) is 69.7 Å². The van der Waals surface area contributed by atoms with Gasteiger partial charge in [-0.3, -0.25) is 9.52 Å². The molecule has 6 nitrogen and oxygen atoms in total. The molecule has 31 heavy (non-hydrogen) atoms. The molecule has 0 radical (unpaired) electrons. The van der Waals surface area contributed by atoms with Crippen molar-refractivity contribution in [2.24, 2.45) is 0 Å². The van der Waals surface area contributed by atoms with E-state index in [1.807, 2.05) is 0 Å². The number of carbonyl (C=O) groups is 1. The van der Waals surface area contributed by atoms with Crippen LogP contribution in [0.2, 0.25) is 4.34 Å². The van der Waals surface area contributed by atoms with Gasteiger partial charge < -0.3 is 9.64 Å². The predicted molar refractivity (Wildman–Crippen MR) is 118 cm³/mol. The molecule has 0 atom stereocenters. The molecule has 160 valence electrons. The van der Waals surface area contributed by atoms with Crippen LogP contribution in [-0.4, -0.2) is 23.8 Å². The molecular weight excluding hydrogens is 466 g/mol. The minimum atomic E-state index is -2.93. The van der Waals surface area contributed by atoms with Crippen LogP contribution in [0.15, 0.2) is 48.5 Å². The molecule has 11 heteroatoms. The average molecular weight is 481 g/mol. The molecule has 0 aliphatic heterocycles. The van der Waals surface area contributed by atoms with Crippen molar-refractivity contribution in [2.75, 3.05) is 11.2 Å². The third kappa shape index (κ3) is 5.85. The third-order valence-corrected chi connectivity index (χ3v) is 5.65. The van der Waals surface area contributed by atoms with Crippen LogP contribution in [0.25, 0.3) is 0 Å². The van der Waals surface area contributed by atoms with E-state index in [1.54, 1.807) is 47.6 Å². The van der Waals surface area contributed by atoms with Crippen LogP contribution in [0.5, 0.6) is 5.75 Å². The number of nitriles is 1. The number of carbonyl (C=O) groups excluding carboxylic acids is 1. The van der Waals surface area contributed by atoms with Gasteiger partial charge in [0.25, 0.3) is 5.91 Å². The maximum atomic E-state index is 12.6. The number of ether oxygens (including phenoxy) is 1. The zero-order chi connectivity index (χ0) is 22.4. The van der Waals surface area contributed by atoms with Crippen LogP contribution in [0.4, 0.5) is 19.6 Å². The van der Waals surface area contributed by atoms with Crippen LogP contribution in [0.1, 0.15) is 21.6 Å². The van der Waals surface area contributed by atoms with Crippen molar-refractivity contribution in [1.29, 1.82) is 5.26 Å². The Morgan fingerprint density at radius 1 is 1.35 bits per heavy atom. The molecule has 0 aliphatic rings. The fraction of sp³-hybridized carbons (Fsp3) is 0.150. The standard InChI is InChI=1S/C20H15ClF2N4O2S2/c1-30-26-18(28)16-17(21)31-20(25-16)27(14-7-5-12(10-24)6-8-14)11-13-3-2-4-15(9-13)29-19(22)23/h2-9,19H,11H2,1H3,(H,26,28). The number of anilines is 2. The second-order valence-electron chi connectivity index (χ2n) is 6.02. The molecule has 3 aromatic rings. The zero-order valence-corrected chi connectivity index (χ0v) is 18.4. The molecule has 1 aromatic heterocycles. The molecule has 0 aliphatic carbocycles. The molecule has 3 rings (SSSR count). The number of hydrogen-bond donors (Lipinski definition) is 1. The highest BCUT2D eigenvalue weighted by molar-refractivity contribution is 7.97. The van der Waals surface area contributed by atoms with E-state index >= 15 is 0 Å². The van der Waals surface area contributed by atoms with Gasteiger partial charge in [0.1, 0.15) is 10.1 Å².